The normalized spacial score (nSPS) is 25.4. The maximum absolute atomic E-state index is 13.8. The second-order valence-electron chi connectivity index (χ2n) is 11.0. The molecule has 1 aromatic heterocycles. The van der Waals surface area contributed by atoms with E-state index < -0.39 is 41.6 Å². The number of carbonyl (C=O) groups excluding carboxylic acids is 1. The Labute approximate surface area is 221 Å². The van der Waals surface area contributed by atoms with Crippen LogP contribution in [-0.4, -0.2) is 66.7 Å². The maximum Gasteiger partial charge on any atom is 0.326 e. The van der Waals surface area contributed by atoms with Crippen molar-refractivity contribution in [2.24, 2.45) is 0 Å². The van der Waals surface area contributed by atoms with Gasteiger partial charge in [0.25, 0.3) is 11.5 Å². The van der Waals surface area contributed by atoms with Crippen LogP contribution in [0.2, 0.25) is 0 Å². The predicted molar refractivity (Wildman–Crippen MR) is 140 cm³/mol. The van der Waals surface area contributed by atoms with Crippen LogP contribution in [0.1, 0.15) is 93.6 Å². The Morgan fingerprint density at radius 1 is 0.895 bits per heavy atom. The number of hydrogen-bond acceptors (Lipinski definition) is 6. The molecule has 38 heavy (non-hydrogen) atoms. The lowest BCUT2D eigenvalue weighted by Crippen LogP contribution is -2.50. The van der Waals surface area contributed by atoms with Crippen LogP contribution in [0.5, 0.6) is 0 Å². The molecule has 2 bridgehead atoms. The molecule has 3 heterocycles. The number of aliphatic carboxylic acids is 2. The quantitative estimate of drug-likeness (QED) is 0.501. The van der Waals surface area contributed by atoms with Crippen molar-refractivity contribution in [3.63, 3.8) is 0 Å². The lowest BCUT2D eigenvalue weighted by atomic mass is 9.89. The van der Waals surface area contributed by atoms with Crippen LogP contribution in [0.4, 0.5) is 0 Å². The summed E-state index contributed by atoms with van der Waals surface area (Å²) < 4.78 is 1.69. The van der Waals surface area contributed by atoms with Crippen molar-refractivity contribution in [3.05, 3.63) is 40.3 Å². The summed E-state index contributed by atoms with van der Waals surface area (Å²) in [5.41, 5.74) is 0.148. The molecule has 1 amide bonds. The first kappa shape index (κ1) is 26.3. The fraction of sp³-hybridized carbons (Fsp3) is 0.607. The van der Waals surface area contributed by atoms with Gasteiger partial charge in [-0.3, -0.25) is 19.3 Å². The molecule has 3 unspecified atom stereocenters. The van der Waals surface area contributed by atoms with E-state index in [0.717, 1.165) is 25.7 Å². The van der Waals surface area contributed by atoms with Crippen LogP contribution in [-0.2, 0) is 9.59 Å². The number of benzene rings is 1. The highest BCUT2D eigenvalue weighted by Gasteiger charge is 2.44. The molecular formula is C28H36N4O6. The SMILES string of the molecule is O=C(O)CC(NC(=O)c1nc2ccccc2n(C2CC3CCC(C2)N3C2CCCCCCC2)c1=O)C(=O)O. The minimum atomic E-state index is -1.66. The van der Waals surface area contributed by atoms with Gasteiger partial charge >= 0.3 is 11.9 Å². The molecule has 3 fully saturated rings. The van der Waals surface area contributed by atoms with Gasteiger partial charge in [0, 0.05) is 24.2 Å². The van der Waals surface area contributed by atoms with E-state index in [9.17, 15) is 24.3 Å². The minimum Gasteiger partial charge on any atom is -0.481 e. The van der Waals surface area contributed by atoms with Crippen molar-refractivity contribution in [2.45, 2.75) is 107 Å². The van der Waals surface area contributed by atoms with E-state index in [1.807, 2.05) is 12.1 Å². The Bertz CT molecular complexity index is 1250. The summed E-state index contributed by atoms with van der Waals surface area (Å²) in [6.45, 7) is 0. The summed E-state index contributed by atoms with van der Waals surface area (Å²) in [5.74, 6) is -3.83. The first-order chi connectivity index (χ1) is 18.3. The Morgan fingerprint density at radius 3 is 2.16 bits per heavy atom. The van der Waals surface area contributed by atoms with Gasteiger partial charge in [-0.15, -0.1) is 0 Å². The lowest BCUT2D eigenvalue weighted by Gasteiger charge is -2.45. The molecule has 1 aliphatic carbocycles. The van der Waals surface area contributed by atoms with Crippen molar-refractivity contribution in [2.75, 3.05) is 0 Å². The molecule has 2 aliphatic heterocycles. The molecule has 0 radical (unpaired) electrons. The zero-order chi connectivity index (χ0) is 26.8. The number of hydrogen-bond donors (Lipinski definition) is 3. The summed E-state index contributed by atoms with van der Waals surface area (Å²) in [4.78, 5) is 56.4. The topological polar surface area (TPSA) is 142 Å². The second-order valence-corrected chi connectivity index (χ2v) is 11.0. The number of amides is 1. The van der Waals surface area contributed by atoms with E-state index in [-0.39, 0.29) is 6.04 Å². The first-order valence-corrected chi connectivity index (χ1v) is 13.9. The summed E-state index contributed by atoms with van der Waals surface area (Å²) in [6, 6.07) is 6.80. The van der Waals surface area contributed by atoms with Gasteiger partial charge in [-0.25, -0.2) is 9.78 Å². The lowest BCUT2D eigenvalue weighted by molar-refractivity contribution is -0.145. The van der Waals surface area contributed by atoms with Gasteiger partial charge in [-0.05, 0) is 50.7 Å². The number of rotatable bonds is 7. The predicted octanol–water partition coefficient (Wildman–Crippen LogP) is 3.34. The number of carbonyl (C=O) groups is 3. The van der Waals surface area contributed by atoms with Crippen molar-refractivity contribution in [1.82, 2.24) is 19.8 Å². The highest BCUT2D eigenvalue weighted by atomic mass is 16.4. The van der Waals surface area contributed by atoms with Crippen LogP contribution in [0.3, 0.4) is 0 Å². The fourth-order valence-electron chi connectivity index (χ4n) is 6.99. The third-order valence-corrected chi connectivity index (χ3v) is 8.62. The maximum atomic E-state index is 13.8. The summed E-state index contributed by atoms with van der Waals surface area (Å²) in [7, 11) is 0. The number of fused-ring (bicyclic) bond motifs is 3. The standard InChI is InChI=1S/C28H36N4O6/c33-24(34)16-22(28(37)38)30-26(35)25-27(36)32(23-11-7-6-10-21(23)29-25)20-14-18-12-13-19(15-20)31(18)17-8-4-2-1-3-5-9-17/h6-7,10-11,17-20,22H,1-5,8-9,12-16H2,(H,30,35)(H,33,34)(H,37,38). The summed E-state index contributed by atoms with van der Waals surface area (Å²) in [5, 5.41) is 20.6. The average molecular weight is 525 g/mol. The molecule has 3 atom stereocenters. The number of aromatic nitrogens is 2. The van der Waals surface area contributed by atoms with E-state index in [4.69, 9.17) is 5.11 Å². The molecule has 1 aromatic carbocycles. The van der Waals surface area contributed by atoms with Gasteiger partial charge in [0.2, 0.25) is 0 Å². The average Bonchev–Trinajstić information content (AvgIpc) is 3.11. The van der Waals surface area contributed by atoms with Crippen molar-refractivity contribution < 1.29 is 24.6 Å². The van der Waals surface area contributed by atoms with Crippen molar-refractivity contribution in [3.8, 4) is 0 Å². The molecule has 1 saturated carbocycles. The Morgan fingerprint density at radius 2 is 1.53 bits per heavy atom. The highest BCUT2D eigenvalue weighted by molar-refractivity contribution is 5.97. The molecule has 5 rings (SSSR count). The number of para-hydroxylation sites is 2. The van der Waals surface area contributed by atoms with Crippen molar-refractivity contribution >= 4 is 28.9 Å². The monoisotopic (exact) mass is 524 g/mol. The van der Waals surface area contributed by atoms with Gasteiger partial charge < -0.3 is 20.1 Å². The van der Waals surface area contributed by atoms with Crippen LogP contribution in [0.15, 0.2) is 29.1 Å². The number of carboxylic acid groups (broad SMARTS) is 2. The van der Waals surface area contributed by atoms with Gasteiger partial charge in [-0.1, -0.05) is 44.2 Å². The van der Waals surface area contributed by atoms with Crippen LogP contribution >= 0.6 is 0 Å². The van der Waals surface area contributed by atoms with E-state index in [1.54, 1.807) is 16.7 Å². The Balaban J connectivity index is 1.45. The van der Waals surface area contributed by atoms with Crippen LogP contribution in [0.25, 0.3) is 11.0 Å². The van der Waals surface area contributed by atoms with Crippen LogP contribution < -0.4 is 10.9 Å². The van der Waals surface area contributed by atoms with E-state index in [2.05, 4.69) is 15.2 Å². The fourth-order valence-corrected chi connectivity index (χ4v) is 6.99. The Kier molecular flexibility index (Phi) is 7.78. The molecule has 10 heteroatoms. The number of piperidine rings is 1. The van der Waals surface area contributed by atoms with Crippen molar-refractivity contribution in [1.29, 1.82) is 0 Å². The Hall–Kier alpha value is -3.27. The van der Waals surface area contributed by atoms with E-state index in [1.165, 1.54) is 44.9 Å². The first-order valence-electron chi connectivity index (χ1n) is 13.9. The summed E-state index contributed by atoms with van der Waals surface area (Å²) >= 11 is 0. The minimum absolute atomic E-state index is 0.0986. The zero-order valence-electron chi connectivity index (χ0n) is 21.6. The van der Waals surface area contributed by atoms with E-state index >= 15 is 0 Å². The number of carboxylic acids is 2. The third-order valence-electron chi connectivity index (χ3n) is 8.62. The molecule has 10 nitrogen and oxygen atoms in total. The van der Waals surface area contributed by atoms with Gasteiger partial charge in [0.05, 0.1) is 17.5 Å². The van der Waals surface area contributed by atoms with Gasteiger partial charge in [0.15, 0.2) is 5.69 Å². The van der Waals surface area contributed by atoms with Crippen LogP contribution in [0, 0.1) is 0 Å². The molecule has 2 aromatic rings. The van der Waals surface area contributed by atoms with Gasteiger partial charge in [-0.2, -0.15) is 0 Å². The molecule has 2 saturated heterocycles. The third kappa shape index (κ3) is 5.32. The van der Waals surface area contributed by atoms with E-state index in [0.29, 0.717) is 29.2 Å². The zero-order valence-corrected chi connectivity index (χ0v) is 21.6. The molecule has 3 aliphatic rings. The summed E-state index contributed by atoms with van der Waals surface area (Å²) in [6.07, 6.45) is 12.0. The van der Waals surface area contributed by atoms with Gasteiger partial charge in [0.1, 0.15) is 6.04 Å². The highest BCUT2D eigenvalue weighted by Crippen LogP contribution is 2.44. The molecule has 0 spiro atoms. The largest absolute Gasteiger partial charge is 0.481 e. The number of nitrogens with zero attached hydrogens (tertiary/aromatic N) is 3. The second kappa shape index (κ2) is 11.2. The smallest absolute Gasteiger partial charge is 0.326 e. The number of nitrogens with one attached hydrogen (secondary N) is 1. The molecule has 3 N–H and O–H groups in total. The molecule has 204 valence electrons. The molecular weight excluding hydrogens is 488 g/mol.